The monoisotopic (exact) mass is 221 g/mol. The lowest BCUT2D eigenvalue weighted by atomic mass is 9.91. The summed E-state index contributed by atoms with van der Waals surface area (Å²) in [5.74, 6) is -6.64. The number of aliphatic carboxylic acids is 1. The first-order valence-corrected chi connectivity index (χ1v) is 5.21. The Bertz CT molecular complexity index is 244. The first-order valence-electron chi connectivity index (χ1n) is 5.21. The van der Waals surface area contributed by atoms with Crippen molar-refractivity contribution in [2.75, 3.05) is 13.1 Å². The molecule has 0 spiro atoms. The molecule has 88 valence electrons. The van der Waals surface area contributed by atoms with E-state index in [-0.39, 0.29) is 12.6 Å². The van der Waals surface area contributed by atoms with Gasteiger partial charge in [0.1, 0.15) is 0 Å². The standard InChI is InChI=1S/C10H17F2NO2/c1-7(2)13-5-3-4-8(6-13)10(11,12)9(14)15/h7-8H,3-6H2,1-2H3,(H,14,15). The van der Waals surface area contributed by atoms with Crippen LogP contribution in [0.2, 0.25) is 0 Å². The zero-order valence-electron chi connectivity index (χ0n) is 9.04. The number of alkyl halides is 2. The summed E-state index contributed by atoms with van der Waals surface area (Å²) >= 11 is 0. The molecule has 1 fully saturated rings. The van der Waals surface area contributed by atoms with Crippen LogP contribution in [0.4, 0.5) is 8.78 Å². The van der Waals surface area contributed by atoms with E-state index in [4.69, 9.17) is 5.11 Å². The van der Waals surface area contributed by atoms with Crippen LogP contribution in [0.1, 0.15) is 26.7 Å². The molecule has 1 saturated heterocycles. The molecule has 0 bridgehead atoms. The van der Waals surface area contributed by atoms with Crippen molar-refractivity contribution in [3.8, 4) is 0 Å². The molecule has 0 aromatic rings. The average molecular weight is 221 g/mol. The van der Waals surface area contributed by atoms with E-state index in [1.54, 1.807) is 0 Å². The molecule has 15 heavy (non-hydrogen) atoms. The summed E-state index contributed by atoms with van der Waals surface area (Å²) in [6, 6.07) is 0.192. The van der Waals surface area contributed by atoms with Crippen molar-refractivity contribution in [1.82, 2.24) is 4.90 Å². The Balaban J connectivity index is 2.67. The van der Waals surface area contributed by atoms with Gasteiger partial charge in [-0.25, -0.2) is 4.79 Å². The number of carbonyl (C=O) groups is 1. The van der Waals surface area contributed by atoms with Crippen LogP contribution in [0.5, 0.6) is 0 Å². The molecule has 0 amide bonds. The number of nitrogens with zero attached hydrogens (tertiary/aromatic N) is 1. The maximum atomic E-state index is 13.2. The third kappa shape index (κ3) is 2.65. The van der Waals surface area contributed by atoms with E-state index in [0.29, 0.717) is 12.8 Å². The summed E-state index contributed by atoms with van der Waals surface area (Å²) in [4.78, 5) is 12.3. The number of carboxylic acids is 1. The van der Waals surface area contributed by atoms with E-state index >= 15 is 0 Å². The lowest BCUT2D eigenvalue weighted by Crippen LogP contribution is -2.49. The predicted octanol–water partition coefficient (Wildman–Crippen LogP) is 1.83. The highest BCUT2D eigenvalue weighted by Crippen LogP contribution is 2.32. The van der Waals surface area contributed by atoms with Gasteiger partial charge in [-0.05, 0) is 33.2 Å². The summed E-state index contributed by atoms with van der Waals surface area (Å²) < 4.78 is 26.5. The topological polar surface area (TPSA) is 40.5 Å². The van der Waals surface area contributed by atoms with Crippen LogP contribution in [0, 0.1) is 5.92 Å². The third-order valence-corrected chi connectivity index (χ3v) is 2.98. The highest BCUT2D eigenvalue weighted by molar-refractivity contribution is 5.75. The molecule has 0 aliphatic carbocycles. The van der Waals surface area contributed by atoms with Gasteiger partial charge in [0.05, 0.1) is 0 Å². The van der Waals surface area contributed by atoms with Crippen LogP contribution in [-0.2, 0) is 4.79 Å². The zero-order valence-corrected chi connectivity index (χ0v) is 9.04. The molecule has 1 rings (SSSR count). The molecule has 1 heterocycles. The normalized spacial score (nSPS) is 24.5. The number of likely N-dealkylation sites (tertiary alicyclic amines) is 1. The summed E-state index contributed by atoms with van der Waals surface area (Å²) in [6.07, 6.45) is 0.939. The van der Waals surface area contributed by atoms with Crippen LogP contribution >= 0.6 is 0 Å². The molecule has 1 aliphatic rings. The number of carboxylic acid groups (broad SMARTS) is 1. The van der Waals surface area contributed by atoms with Gasteiger partial charge in [0.25, 0.3) is 0 Å². The molecule has 1 unspecified atom stereocenters. The predicted molar refractivity (Wildman–Crippen MR) is 52.0 cm³/mol. The highest BCUT2D eigenvalue weighted by Gasteiger charge is 2.48. The fourth-order valence-electron chi connectivity index (χ4n) is 1.95. The van der Waals surface area contributed by atoms with Crippen LogP contribution in [-0.4, -0.2) is 41.0 Å². The number of halogens is 2. The zero-order chi connectivity index (χ0) is 11.6. The fourth-order valence-corrected chi connectivity index (χ4v) is 1.95. The van der Waals surface area contributed by atoms with Crippen LogP contribution in [0.15, 0.2) is 0 Å². The summed E-state index contributed by atoms with van der Waals surface area (Å²) in [5, 5.41) is 8.45. The Labute approximate surface area is 88.1 Å². The van der Waals surface area contributed by atoms with Gasteiger partial charge in [0.2, 0.25) is 0 Å². The summed E-state index contributed by atoms with van der Waals surface area (Å²) in [7, 11) is 0. The maximum absolute atomic E-state index is 13.2. The van der Waals surface area contributed by atoms with Crippen molar-refractivity contribution >= 4 is 5.97 Å². The molecular formula is C10H17F2NO2. The lowest BCUT2D eigenvalue weighted by molar-refractivity contribution is -0.177. The van der Waals surface area contributed by atoms with E-state index < -0.39 is 17.8 Å². The molecule has 0 radical (unpaired) electrons. The first kappa shape index (κ1) is 12.4. The Hall–Kier alpha value is -0.710. The quantitative estimate of drug-likeness (QED) is 0.790. The lowest BCUT2D eigenvalue weighted by Gasteiger charge is -2.37. The molecule has 0 saturated carbocycles. The van der Waals surface area contributed by atoms with Crippen LogP contribution in [0.25, 0.3) is 0 Å². The van der Waals surface area contributed by atoms with E-state index in [9.17, 15) is 13.6 Å². The Morgan fingerprint density at radius 3 is 2.60 bits per heavy atom. The van der Waals surface area contributed by atoms with Gasteiger partial charge in [0, 0.05) is 18.5 Å². The van der Waals surface area contributed by atoms with Crippen molar-refractivity contribution in [3.63, 3.8) is 0 Å². The molecule has 1 aliphatic heterocycles. The number of hydrogen-bond donors (Lipinski definition) is 1. The van der Waals surface area contributed by atoms with E-state index in [2.05, 4.69) is 0 Å². The molecule has 1 atom stereocenters. The van der Waals surface area contributed by atoms with E-state index in [1.807, 2.05) is 18.7 Å². The second kappa shape index (κ2) is 4.43. The van der Waals surface area contributed by atoms with Crippen LogP contribution in [0.3, 0.4) is 0 Å². The second-order valence-electron chi connectivity index (χ2n) is 4.36. The first-order chi connectivity index (χ1) is 6.85. The van der Waals surface area contributed by atoms with Gasteiger partial charge < -0.3 is 10.0 Å². The van der Waals surface area contributed by atoms with Gasteiger partial charge in [0.15, 0.2) is 0 Å². The fraction of sp³-hybridized carbons (Fsp3) is 0.900. The Kier molecular flexibility index (Phi) is 3.65. The van der Waals surface area contributed by atoms with Crippen molar-refractivity contribution in [2.24, 2.45) is 5.92 Å². The largest absolute Gasteiger partial charge is 0.477 e. The summed E-state index contributed by atoms with van der Waals surface area (Å²) in [5.41, 5.74) is 0. The van der Waals surface area contributed by atoms with Crippen molar-refractivity contribution < 1.29 is 18.7 Å². The molecule has 3 nitrogen and oxygen atoms in total. The molecule has 0 aromatic heterocycles. The second-order valence-corrected chi connectivity index (χ2v) is 4.36. The highest BCUT2D eigenvalue weighted by atomic mass is 19.3. The number of hydrogen-bond acceptors (Lipinski definition) is 2. The van der Waals surface area contributed by atoms with Gasteiger partial charge in [-0.15, -0.1) is 0 Å². The van der Waals surface area contributed by atoms with Crippen LogP contribution < -0.4 is 0 Å². The SMILES string of the molecule is CC(C)N1CCCC(C(F)(F)C(=O)O)C1. The van der Waals surface area contributed by atoms with Gasteiger partial charge in [-0.1, -0.05) is 0 Å². The molecular weight excluding hydrogens is 204 g/mol. The van der Waals surface area contributed by atoms with Gasteiger partial charge in [-0.3, -0.25) is 0 Å². The number of rotatable bonds is 3. The van der Waals surface area contributed by atoms with Crippen molar-refractivity contribution in [3.05, 3.63) is 0 Å². The Morgan fingerprint density at radius 1 is 1.53 bits per heavy atom. The van der Waals surface area contributed by atoms with Gasteiger partial charge >= 0.3 is 11.9 Å². The van der Waals surface area contributed by atoms with E-state index in [1.165, 1.54) is 0 Å². The maximum Gasteiger partial charge on any atom is 0.374 e. The molecule has 1 N–H and O–H groups in total. The third-order valence-electron chi connectivity index (χ3n) is 2.98. The molecule has 5 heteroatoms. The van der Waals surface area contributed by atoms with Crippen molar-refractivity contribution in [1.29, 1.82) is 0 Å². The average Bonchev–Trinajstić information content (AvgIpc) is 2.17. The Morgan fingerprint density at radius 2 is 2.13 bits per heavy atom. The minimum absolute atomic E-state index is 0.178. The smallest absolute Gasteiger partial charge is 0.374 e. The summed E-state index contributed by atoms with van der Waals surface area (Å²) in [6.45, 7) is 4.82. The van der Waals surface area contributed by atoms with Crippen molar-refractivity contribution in [2.45, 2.75) is 38.7 Å². The minimum Gasteiger partial charge on any atom is -0.477 e. The molecule has 0 aromatic carbocycles. The van der Waals surface area contributed by atoms with Gasteiger partial charge in [-0.2, -0.15) is 8.78 Å². The minimum atomic E-state index is -3.59. The number of piperidine rings is 1. The van der Waals surface area contributed by atoms with E-state index in [0.717, 1.165) is 6.54 Å².